The molecule has 1 radical (unpaired) electrons. The van der Waals surface area contributed by atoms with Gasteiger partial charge in [-0.1, -0.05) is 0 Å². The molecule has 1 atom stereocenters. The summed E-state index contributed by atoms with van der Waals surface area (Å²) in [7, 11) is 0. The van der Waals surface area contributed by atoms with Gasteiger partial charge >= 0.3 is 0 Å². The molecule has 0 bridgehead atoms. The Kier molecular flexibility index (Phi) is 3.24. The molecule has 0 aliphatic carbocycles. The number of hydrogen-bond donors (Lipinski definition) is 1. The summed E-state index contributed by atoms with van der Waals surface area (Å²) in [6.07, 6.45) is 1.38. The predicted molar refractivity (Wildman–Crippen MR) is 43.7 cm³/mol. The SMILES string of the molecule is N[C@@H]([C]=O)Cc1cc(F)c(F)c(F)c1. The smallest absolute Gasteiger partial charge is 0.217 e. The molecular formula is C9H7F3NO. The molecule has 0 saturated heterocycles. The van der Waals surface area contributed by atoms with Gasteiger partial charge in [0.25, 0.3) is 0 Å². The van der Waals surface area contributed by atoms with Gasteiger partial charge in [0.1, 0.15) is 0 Å². The molecule has 1 aromatic carbocycles. The molecule has 0 unspecified atom stereocenters. The molecule has 0 spiro atoms. The first kappa shape index (κ1) is 10.7. The van der Waals surface area contributed by atoms with Crippen molar-refractivity contribution in [1.29, 1.82) is 0 Å². The van der Waals surface area contributed by atoms with Crippen molar-refractivity contribution in [2.75, 3.05) is 0 Å². The van der Waals surface area contributed by atoms with Crippen molar-refractivity contribution in [3.63, 3.8) is 0 Å². The molecule has 0 heterocycles. The highest BCUT2D eigenvalue weighted by Crippen LogP contribution is 2.14. The minimum atomic E-state index is -1.53. The lowest BCUT2D eigenvalue weighted by Crippen LogP contribution is -2.24. The van der Waals surface area contributed by atoms with Crippen molar-refractivity contribution >= 4 is 6.29 Å². The summed E-state index contributed by atoms with van der Waals surface area (Å²) in [6.45, 7) is 0. The molecular weight excluding hydrogens is 195 g/mol. The highest BCUT2D eigenvalue weighted by Gasteiger charge is 2.12. The van der Waals surface area contributed by atoms with E-state index in [0.29, 0.717) is 0 Å². The predicted octanol–water partition coefficient (Wildman–Crippen LogP) is 1.08. The van der Waals surface area contributed by atoms with E-state index in [2.05, 4.69) is 0 Å². The summed E-state index contributed by atoms with van der Waals surface area (Å²) < 4.78 is 37.8. The second kappa shape index (κ2) is 4.23. The van der Waals surface area contributed by atoms with E-state index in [1.807, 2.05) is 0 Å². The van der Waals surface area contributed by atoms with Crippen LogP contribution >= 0.6 is 0 Å². The molecule has 0 saturated carbocycles. The molecule has 0 aliphatic rings. The number of benzene rings is 1. The van der Waals surface area contributed by atoms with Gasteiger partial charge in [0.05, 0.1) is 6.04 Å². The van der Waals surface area contributed by atoms with Gasteiger partial charge < -0.3 is 5.73 Å². The molecule has 2 nitrogen and oxygen atoms in total. The monoisotopic (exact) mass is 202 g/mol. The van der Waals surface area contributed by atoms with Crippen LogP contribution in [0.3, 0.4) is 0 Å². The fourth-order valence-corrected chi connectivity index (χ4v) is 1.02. The first-order valence-electron chi connectivity index (χ1n) is 3.81. The van der Waals surface area contributed by atoms with Crippen LogP contribution in [0.2, 0.25) is 0 Å². The molecule has 5 heteroatoms. The Morgan fingerprint density at radius 2 is 1.79 bits per heavy atom. The van der Waals surface area contributed by atoms with Crippen LogP contribution in [0.25, 0.3) is 0 Å². The summed E-state index contributed by atoms with van der Waals surface area (Å²) in [6, 6.07) is 0.643. The van der Waals surface area contributed by atoms with Crippen molar-refractivity contribution in [1.82, 2.24) is 0 Å². The van der Waals surface area contributed by atoms with Gasteiger partial charge in [0.15, 0.2) is 17.5 Å². The summed E-state index contributed by atoms with van der Waals surface area (Å²) >= 11 is 0. The number of halogens is 3. The summed E-state index contributed by atoms with van der Waals surface area (Å²) in [5.74, 6) is -4.12. The van der Waals surface area contributed by atoms with Crippen molar-refractivity contribution in [3.05, 3.63) is 35.1 Å². The average molecular weight is 202 g/mol. The molecule has 0 amide bonds. The van der Waals surface area contributed by atoms with Gasteiger partial charge in [0, 0.05) is 0 Å². The van der Waals surface area contributed by atoms with Crippen molar-refractivity contribution in [2.24, 2.45) is 5.73 Å². The molecule has 0 aromatic heterocycles. The Balaban J connectivity index is 2.95. The Morgan fingerprint density at radius 1 is 1.29 bits per heavy atom. The second-order valence-electron chi connectivity index (χ2n) is 2.80. The van der Waals surface area contributed by atoms with Crippen LogP contribution in [0, 0.1) is 17.5 Å². The zero-order chi connectivity index (χ0) is 10.7. The van der Waals surface area contributed by atoms with Crippen molar-refractivity contribution < 1.29 is 18.0 Å². The highest BCUT2D eigenvalue weighted by molar-refractivity contribution is 5.58. The minimum absolute atomic E-state index is 0.0718. The second-order valence-corrected chi connectivity index (χ2v) is 2.80. The first-order valence-corrected chi connectivity index (χ1v) is 3.81. The Labute approximate surface area is 78.5 Å². The Morgan fingerprint density at radius 3 is 2.21 bits per heavy atom. The van der Waals surface area contributed by atoms with Gasteiger partial charge in [-0.15, -0.1) is 0 Å². The lowest BCUT2D eigenvalue weighted by molar-refractivity contribution is 0.445. The summed E-state index contributed by atoms with van der Waals surface area (Å²) in [4.78, 5) is 10.0. The van der Waals surface area contributed by atoms with E-state index in [-0.39, 0.29) is 12.0 Å². The molecule has 2 N–H and O–H groups in total. The van der Waals surface area contributed by atoms with E-state index in [0.717, 1.165) is 12.1 Å². The van der Waals surface area contributed by atoms with Crippen LogP contribution in [-0.4, -0.2) is 12.3 Å². The lowest BCUT2D eigenvalue weighted by atomic mass is 10.1. The number of carbonyl (C=O) groups excluding carboxylic acids is 1. The Bertz CT molecular complexity index is 331. The molecule has 0 fully saturated rings. The number of hydrogen-bond acceptors (Lipinski definition) is 2. The van der Waals surface area contributed by atoms with Crippen LogP contribution in [0.15, 0.2) is 12.1 Å². The third-order valence-corrected chi connectivity index (χ3v) is 1.65. The van der Waals surface area contributed by atoms with Gasteiger partial charge in [-0.05, 0) is 24.1 Å². The lowest BCUT2D eigenvalue weighted by Gasteiger charge is -2.04. The van der Waals surface area contributed by atoms with E-state index >= 15 is 0 Å². The maximum atomic E-state index is 12.6. The molecule has 1 rings (SSSR count). The molecule has 14 heavy (non-hydrogen) atoms. The van der Waals surface area contributed by atoms with Gasteiger partial charge in [-0.25, -0.2) is 13.2 Å². The van der Waals surface area contributed by atoms with E-state index in [1.165, 1.54) is 6.29 Å². The van der Waals surface area contributed by atoms with E-state index in [4.69, 9.17) is 5.73 Å². The average Bonchev–Trinajstić information content (AvgIpc) is 2.14. The zero-order valence-electron chi connectivity index (χ0n) is 7.06. The quantitative estimate of drug-likeness (QED) is 0.745. The first-order chi connectivity index (χ1) is 6.54. The van der Waals surface area contributed by atoms with Crippen LogP contribution in [0.4, 0.5) is 13.2 Å². The van der Waals surface area contributed by atoms with Crippen LogP contribution < -0.4 is 5.73 Å². The Hall–Kier alpha value is -1.36. The van der Waals surface area contributed by atoms with Crippen LogP contribution in [0.5, 0.6) is 0 Å². The maximum Gasteiger partial charge on any atom is 0.217 e. The number of rotatable bonds is 3. The summed E-state index contributed by atoms with van der Waals surface area (Å²) in [5, 5.41) is 0. The normalized spacial score (nSPS) is 12.6. The van der Waals surface area contributed by atoms with E-state index in [9.17, 15) is 18.0 Å². The fourth-order valence-electron chi connectivity index (χ4n) is 1.02. The third-order valence-electron chi connectivity index (χ3n) is 1.65. The molecule has 0 aliphatic heterocycles. The van der Waals surface area contributed by atoms with Gasteiger partial charge in [-0.2, -0.15) is 0 Å². The largest absolute Gasteiger partial charge is 0.321 e. The molecule has 75 valence electrons. The fraction of sp³-hybridized carbons (Fsp3) is 0.222. The van der Waals surface area contributed by atoms with Gasteiger partial charge in [-0.3, -0.25) is 4.79 Å². The highest BCUT2D eigenvalue weighted by atomic mass is 19.2. The van der Waals surface area contributed by atoms with E-state index < -0.39 is 23.5 Å². The van der Waals surface area contributed by atoms with Crippen molar-refractivity contribution in [3.8, 4) is 0 Å². The van der Waals surface area contributed by atoms with E-state index in [1.54, 1.807) is 0 Å². The maximum absolute atomic E-state index is 12.6. The standard InChI is InChI=1S/C9H7F3NO/c10-7-2-5(1-6(13)4-14)3-8(11)9(7)12/h2-3,6H,1,13H2/t6-/m1/s1. The van der Waals surface area contributed by atoms with Crippen LogP contribution in [-0.2, 0) is 11.2 Å². The molecule has 1 aromatic rings. The minimum Gasteiger partial charge on any atom is -0.321 e. The third kappa shape index (κ3) is 2.32. The topological polar surface area (TPSA) is 43.1 Å². The zero-order valence-corrected chi connectivity index (χ0v) is 7.06. The van der Waals surface area contributed by atoms with Crippen LogP contribution in [0.1, 0.15) is 5.56 Å². The summed E-state index contributed by atoms with van der Waals surface area (Å²) in [5.41, 5.74) is 5.30. The van der Waals surface area contributed by atoms with Gasteiger partial charge in [0.2, 0.25) is 6.29 Å². The van der Waals surface area contributed by atoms with Crippen molar-refractivity contribution in [2.45, 2.75) is 12.5 Å². The number of nitrogens with two attached hydrogens (primary N) is 1.